The lowest BCUT2D eigenvalue weighted by molar-refractivity contribution is 0.0959. The van der Waals surface area contributed by atoms with E-state index in [1.165, 1.54) is 11.8 Å². The van der Waals surface area contributed by atoms with E-state index in [0.717, 1.165) is 36.3 Å². The third-order valence-corrected chi connectivity index (χ3v) is 5.69. The van der Waals surface area contributed by atoms with Gasteiger partial charge < -0.3 is 10.2 Å². The summed E-state index contributed by atoms with van der Waals surface area (Å²) in [5.74, 6) is 0.676. The Bertz CT molecular complexity index is 752. The van der Waals surface area contributed by atoms with Crippen molar-refractivity contribution in [2.45, 2.75) is 38.5 Å². The highest BCUT2D eigenvalue weighted by Gasteiger charge is 2.28. The molecule has 1 saturated heterocycles. The van der Waals surface area contributed by atoms with Crippen LogP contribution in [0.15, 0.2) is 29.3 Å². The predicted molar refractivity (Wildman–Crippen MR) is 103 cm³/mol. The average molecular weight is 372 g/mol. The number of hydrogen-bond acceptors (Lipinski definition) is 5. The van der Waals surface area contributed by atoms with Gasteiger partial charge in [0, 0.05) is 37.2 Å². The van der Waals surface area contributed by atoms with E-state index < -0.39 is 0 Å². The third-order valence-electron chi connectivity index (χ3n) is 4.72. The van der Waals surface area contributed by atoms with E-state index in [1.54, 1.807) is 13.2 Å². The molecule has 0 spiro atoms. The number of carbonyl (C=O) groups excluding carboxylic acids is 2. The van der Waals surface area contributed by atoms with Crippen LogP contribution in [0.2, 0.25) is 0 Å². The van der Waals surface area contributed by atoms with Crippen LogP contribution in [0, 0.1) is 6.92 Å². The maximum Gasteiger partial charge on any atom is 0.286 e. The fourth-order valence-electron chi connectivity index (χ4n) is 3.27. The quantitative estimate of drug-likeness (QED) is 0.880. The van der Waals surface area contributed by atoms with Gasteiger partial charge in [0.25, 0.3) is 11.1 Å². The summed E-state index contributed by atoms with van der Waals surface area (Å²) >= 11 is 1.31. The van der Waals surface area contributed by atoms with Gasteiger partial charge >= 0.3 is 0 Å². The predicted octanol–water partition coefficient (Wildman–Crippen LogP) is 3.41. The van der Waals surface area contributed by atoms with Gasteiger partial charge in [0.2, 0.25) is 0 Å². The number of aromatic nitrogens is 2. The molecule has 138 valence electrons. The van der Waals surface area contributed by atoms with Crippen molar-refractivity contribution in [1.29, 1.82) is 0 Å². The lowest BCUT2D eigenvalue weighted by atomic mass is 9.91. The fourth-order valence-corrected chi connectivity index (χ4v) is 4.15. The lowest BCUT2D eigenvalue weighted by Gasteiger charge is -2.32. The van der Waals surface area contributed by atoms with Crippen LogP contribution in [0.5, 0.6) is 0 Å². The number of nitrogens with zero attached hydrogens (tertiary/aromatic N) is 3. The molecule has 26 heavy (non-hydrogen) atoms. The molecule has 1 N–H and O–H groups in total. The minimum atomic E-state index is -0.162. The molecular weight excluding hydrogens is 348 g/mol. The Hall–Kier alpha value is -2.15. The van der Waals surface area contributed by atoms with Crippen LogP contribution in [0.4, 0.5) is 4.79 Å². The van der Waals surface area contributed by atoms with E-state index in [4.69, 9.17) is 0 Å². The Morgan fingerprint density at radius 2 is 2.04 bits per heavy atom. The number of piperidine rings is 1. The van der Waals surface area contributed by atoms with E-state index in [-0.39, 0.29) is 17.1 Å². The van der Waals surface area contributed by atoms with Crippen molar-refractivity contribution in [2.75, 3.05) is 20.1 Å². The summed E-state index contributed by atoms with van der Waals surface area (Å²) in [4.78, 5) is 36.2. The van der Waals surface area contributed by atoms with Gasteiger partial charge in [0.15, 0.2) is 0 Å². The van der Waals surface area contributed by atoms with E-state index in [9.17, 15) is 9.59 Å². The van der Waals surface area contributed by atoms with E-state index >= 15 is 0 Å². The zero-order chi connectivity index (χ0) is 18.5. The van der Waals surface area contributed by atoms with Crippen LogP contribution in [0.1, 0.15) is 53.5 Å². The third kappa shape index (κ3) is 4.33. The highest BCUT2D eigenvalue weighted by molar-refractivity contribution is 8.17. The van der Waals surface area contributed by atoms with Gasteiger partial charge in [-0.3, -0.25) is 9.59 Å². The van der Waals surface area contributed by atoms with Crippen LogP contribution >= 0.6 is 11.8 Å². The Labute approximate surface area is 158 Å². The SMILES string of the molecule is CNC(=O)c1cnc(C)nc1C1CCN(C(=O)SC2=CCCC=C2)CC1. The highest BCUT2D eigenvalue weighted by atomic mass is 32.2. The molecule has 0 atom stereocenters. The largest absolute Gasteiger partial charge is 0.355 e. The molecule has 1 fully saturated rings. The number of likely N-dealkylation sites (tertiary alicyclic amines) is 1. The number of nitrogens with one attached hydrogen (secondary N) is 1. The van der Waals surface area contributed by atoms with Crippen molar-refractivity contribution in [1.82, 2.24) is 20.2 Å². The number of rotatable bonds is 3. The first-order valence-electron chi connectivity index (χ1n) is 8.97. The number of allylic oxidation sites excluding steroid dienone is 3. The molecule has 3 rings (SSSR count). The first-order chi connectivity index (χ1) is 12.6. The van der Waals surface area contributed by atoms with E-state index in [1.807, 2.05) is 17.9 Å². The van der Waals surface area contributed by atoms with Crippen LogP contribution < -0.4 is 5.32 Å². The van der Waals surface area contributed by atoms with Gasteiger partial charge in [-0.1, -0.05) is 18.2 Å². The molecule has 6 nitrogen and oxygen atoms in total. The molecule has 1 aliphatic heterocycles. The molecule has 0 aromatic carbocycles. The number of carbonyl (C=O) groups is 2. The molecule has 0 unspecified atom stereocenters. The Balaban J connectivity index is 1.64. The summed E-state index contributed by atoms with van der Waals surface area (Å²) in [5.41, 5.74) is 1.34. The Kier molecular flexibility index (Phi) is 6.08. The van der Waals surface area contributed by atoms with Gasteiger partial charge in [-0.15, -0.1) is 0 Å². The standard InChI is InChI=1S/C19H24N4O2S/c1-13-21-12-16(18(24)20-2)17(22-13)14-8-10-23(11-9-14)19(25)26-15-6-4-3-5-7-15/h4,6-7,12,14H,3,5,8-11H2,1-2H3,(H,20,24). The zero-order valence-corrected chi connectivity index (χ0v) is 16.0. The molecule has 2 heterocycles. The molecule has 0 saturated carbocycles. The van der Waals surface area contributed by atoms with Crippen molar-refractivity contribution in [3.05, 3.63) is 46.4 Å². The van der Waals surface area contributed by atoms with Gasteiger partial charge in [-0.25, -0.2) is 9.97 Å². The molecular formula is C19H24N4O2S. The second-order valence-electron chi connectivity index (χ2n) is 6.51. The van der Waals surface area contributed by atoms with Crippen molar-refractivity contribution in [3.63, 3.8) is 0 Å². The van der Waals surface area contributed by atoms with Crippen LogP contribution in [-0.4, -0.2) is 46.2 Å². The maximum atomic E-state index is 12.5. The van der Waals surface area contributed by atoms with Gasteiger partial charge in [0.05, 0.1) is 11.3 Å². The average Bonchev–Trinajstić information content (AvgIpc) is 2.68. The molecule has 1 aromatic heterocycles. The molecule has 7 heteroatoms. The summed E-state index contributed by atoms with van der Waals surface area (Å²) < 4.78 is 0. The van der Waals surface area contributed by atoms with Crippen molar-refractivity contribution < 1.29 is 9.59 Å². The molecule has 2 aliphatic rings. The van der Waals surface area contributed by atoms with E-state index in [0.29, 0.717) is 24.5 Å². The minimum absolute atomic E-state index is 0.103. The number of amides is 2. The number of aryl methyl sites for hydroxylation is 1. The number of thioether (sulfide) groups is 1. The first-order valence-corrected chi connectivity index (χ1v) is 9.79. The Morgan fingerprint density at radius 3 is 2.69 bits per heavy atom. The Morgan fingerprint density at radius 1 is 1.27 bits per heavy atom. The first kappa shape index (κ1) is 18.6. The molecule has 0 bridgehead atoms. The van der Waals surface area contributed by atoms with E-state index in [2.05, 4.69) is 27.4 Å². The second kappa shape index (κ2) is 8.49. The smallest absolute Gasteiger partial charge is 0.286 e. The summed E-state index contributed by atoms with van der Waals surface area (Å²) in [6.45, 7) is 3.20. The number of hydrogen-bond donors (Lipinski definition) is 1. The van der Waals surface area contributed by atoms with Gasteiger partial charge in [-0.05, 0) is 44.4 Å². The van der Waals surface area contributed by atoms with Crippen molar-refractivity contribution in [3.8, 4) is 0 Å². The van der Waals surface area contributed by atoms with Gasteiger partial charge in [0.1, 0.15) is 5.82 Å². The zero-order valence-electron chi connectivity index (χ0n) is 15.2. The van der Waals surface area contributed by atoms with Crippen molar-refractivity contribution in [2.24, 2.45) is 0 Å². The summed E-state index contributed by atoms with van der Waals surface area (Å²) in [5, 5.41) is 2.76. The van der Waals surface area contributed by atoms with Gasteiger partial charge in [-0.2, -0.15) is 0 Å². The fraction of sp³-hybridized carbons (Fsp3) is 0.474. The molecule has 2 amide bonds. The molecule has 1 aromatic rings. The molecule has 0 radical (unpaired) electrons. The normalized spacial score (nSPS) is 17.8. The van der Waals surface area contributed by atoms with Crippen LogP contribution in [0.3, 0.4) is 0 Å². The monoisotopic (exact) mass is 372 g/mol. The topological polar surface area (TPSA) is 75.2 Å². The summed E-state index contributed by atoms with van der Waals surface area (Å²) in [6.07, 6.45) is 11.5. The highest BCUT2D eigenvalue weighted by Crippen LogP contribution is 2.32. The van der Waals surface area contributed by atoms with Crippen LogP contribution in [-0.2, 0) is 0 Å². The van der Waals surface area contributed by atoms with Crippen LogP contribution in [0.25, 0.3) is 0 Å². The second-order valence-corrected chi connectivity index (χ2v) is 7.54. The molecule has 1 aliphatic carbocycles. The van der Waals surface area contributed by atoms with Crippen molar-refractivity contribution >= 4 is 22.9 Å². The lowest BCUT2D eigenvalue weighted by Crippen LogP contribution is -2.36. The maximum absolute atomic E-state index is 12.5. The summed E-state index contributed by atoms with van der Waals surface area (Å²) in [6, 6.07) is 0. The minimum Gasteiger partial charge on any atom is -0.355 e. The summed E-state index contributed by atoms with van der Waals surface area (Å²) in [7, 11) is 1.61.